The number of ketones is 1. The summed E-state index contributed by atoms with van der Waals surface area (Å²) in [5, 5.41) is 0.910. The van der Waals surface area contributed by atoms with Crippen LogP contribution in [0.3, 0.4) is 0 Å². The zero-order chi connectivity index (χ0) is 15.0. The molecule has 0 aliphatic rings. The van der Waals surface area contributed by atoms with Gasteiger partial charge in [0.2, 0.25) is 0 Å². The fourth-order valence-corrected chi connectivity index (χ4v) is 3.42. The molecule has 2 rings (SSSR count). The maximum Gasteiger partial charge on any atom is 0.197 e. The molecule has 0 aliphatic carbocycles. The average Bonchev–Trinajstić information content (AvgIpc) is 2.39. The van der Waals surface area contributed by atoms with E-state index in [2.05, 4.69) is 0 Å². The van der Waals surface area contributed by atoms with Crippen LogP contribution in [-0.4, -0.2) is 5.78 Å². The molecular weight excluding hydrogens is 476 g/mol. The molecule has 0 bridgehead atoms. The van der Waals surface area contributed by atoms with Gasteiger partial charge in [0.05, 0.1) is 25.7 Å². The lowest BCUT2D eigenvalue weighted by Crippen LogP contribution is -2.06. The van der Waals surface area contributed by atoms with E-state index in [-0.39, 0.29) is 31.4 Å². The summed E-state index contributed by atoms with van der Waals surface area (Å²) in [6, 6.07) is 6.37. The Morgan fingerprint density at radius 2 is 1.55 bits per heavy atom. The summed E-state index contributed by atoms with van der Waals surface area (Å²) in [7, 11) is 0. The second-order valence-corrected chi connectivity index (χ2v) is 6.97. The highest BCUT2D eigenvalue weighted by Gasteiger charge is 2.22. The van der Waals surface area contributed by atoms with Crippen LogP contribution in [0.15, 0.2) is 24.3 Å². The maximum absolute atomic E-state index is 12.6. The number of benzene rings is 2. The van der Waals surface area contributed by atoms with Crippen LogP contribution in [-0.2, 0) is 0 Å². The van der Waals surface area contributed by atoms with Crippen LogP contribution in [0.1, 0.15) is 15.9 Å². The SMILES string of the molecule is O=C(c1cc(Cl)ccc1I)c1c(Cl)cc(Cl)c(Cl)c1Cl. The van der Waals surface area contributed by atoms with E-state index >= 15 is 0 Å². The summed E-state index contributed by atoms with van der Waals surface area (Å²) in [4.78, 5) is 12.6. The minimum Gasteiger partial charge on any atom is -0.288 e. The molecule has 104 valence electrons. The largest absolute Gasteiger partial charge is 0.288 e. The highest BCUT2D eigenvalue weighted by atomic mass is 127. The quantitative estimate of drug-likeness (QED) is 0.200. The molecule has 0 spiro atoms. The minimum atomic E-state index is -0.356. The van der Waals surface area contributed by atoms with Gasteiger partial charge in [-0.05, 0) is 46.9 Å². The number of hydrogen-bond donors (Lipinski definition) is 0. The summed E-state index contributed by atoms with van der Waals surface area (Å²) in [5.41, 5.74) is 0.517. The average molecular weight is 480 g/mol. The van der Waals surface area contributed by atoms with Crippen LogP contribution in [0, 0.1) is 3.57 Å². The van der Waals surface area contributed by atoms with Gasteiger partial charge in [-0.15, -0.1) is 0 Å². The fraction of sp³-hybridized carbons (Fsp3) is 0. The Kier molecular flexibility index (Phi) is 5.49. The molecule has 0 heterocycles. The van der Waals surface area contributed by atoms with Crippen molar-refractivity contribution in [1.82, 2.24) is 0 Å². The Bertz CT molecular complexity index is 714. The van der Waals surface area contributed by atoms with Crippen LogP contribution >= 0.6 is 80.6 Å². The van der Waals surface area contributed by atoms with Crippen LogP contribution in [0.2, 0.25) is 25.1 Å². The molecular formula is C13H4Cl5IO. The van der Waals surface area contributed by atoms with Crippen molar-refractivity contribution in [2.24, 2.45) is 0 Å². The molecule has 0 aliphatic heterocycles. The number of carbonyl (C=O) groups is 1. The Hall–Kier alpha value is 0.290. The van der Waals surface area contributed by atoms with Crippen molar-refractivity contribution in [3.05, 3.63) is 64.1 Å². The first-order valence-electron chi connectivity index (χ1n) is 5.15. The van der Waals surface area contributed by atoms with Crippen LogP contribution < -0.4 is 0 Å². The molecule has 0 N–H and O–H groups in total. The van der Waals surface area contributed by atoms with Gasteiger partial charge in [0.1, 0.15) is 0 Å². The van der Waals surface area contributed by atoms with Crippen LogP contribution in [0.25, 0.3) is 0 Å². The molecule has 0 atom stereocenters. The topological polar surface area (TPSA) is 17.1 Å². The predicted molar refractivity (Wildman–Crippen MR) is 94.1 cm³/mol. The van der Waals surface area contributed by atoms with Gasteiger partial charge >= 0.3 is 0 Å². The van der Waals surface area contributed by atoms with Crippen molar-refractivity contribution in [3.63, 3.8) is 0 Å². The molecule has 0 unspecified atom stereocenters. The number of hydrogen-bond acceptors (Lipinski definition) is 1. The van der Waals surface area contributed by atoms with E-state index in [9.17, 15) is 4.79 Å². The molecule has 1 nitrogen and oxygen atoms in total. The summed E-state index contributed by atoms with van der Waals surface area (Å²) < 4.78 is 0.732. The normalized spacial score (nSPS) is 10.7. The smallest absolute Gasteiger partial charge is 0.197 e. The van der Waals surface area contributed by atoms with Crippen molar-refractivity contribution in [3.8, 4) is 0 Å². The Balaban J connectivity index is 2.66. The highest BCUT2D eigenvalue weighted by molar-refractivity contribution is 14.1. The zero-order valence-corrected chi connectivity index (χ0v) is 15.4. The standard InChI is InChI=1S/C13H4Cl5IO/c14-5-1-2-9(19)6(3-5)13(20)10-7(15)4-8(16)11(17)12(10)18/h1-4H. The number of halogens is 6. The first-order chi connectivity index (χ1) is 9.32. The first kappa shape index (κ1) is 16.7. The molecule has 0 saturated carbocycles. The van der Waals surface area contributed by atoms with Gasteiger partial charge in [-0.25, -0.2) is 0 Å². The van der Waals surface area contributed by atoms with Crippen molar-refractivity contribution in [2.45, 2.75) is 0 Å². The third-order valence-electron chi connectivity index (χ3n) is 2.51. The Morgan fingerprint density at radius 1 is 0.900 bits per heavy atom. The van der Waals surface area contributed by atoms with Gasteiger partial charge in [0.25, 0.3) is 0 Å². The minimum absolute atomic E-state index is 0.0324. The predicted octanol–water partition coefficient (Wildman–Crippen LogP) is 6.79. The van der Waals surface area contributed by atoms with E-state index in [1.807, 2.05) is 22.6 Å². The van der Waals surface area contributed by atoms with Gasteiger partial charge in [0.15, 0.2) is 5.78 Å². The fourth-order valence-electron chi connectivity index (χ4n) is 1.58. The van der Waals surface area contributed by atoms with Gasteiger partial charge < -0.3 is 0 Å². The van der Waals surface area contributed by atoms with E-state index in [1.165, 1.54) is 6.07 Å². The van der Waals surface area contributed by atoms with Gasteiger partial charge in [-0.3, -0.25) is 4.79 Å². The van der Waals surface area contributed by atoms with Gasteiger partial charge in [-0.2, -0.15) is 0 Å². The first-order valence-corrected chi connectivity index (χ1v) is 8.12. The highest BCUT2D eigenvalue weighted by Crippen LogP contribution is 2.39. The van der Waals surface area contributed by atoms with E-state index in [0.29, 0.717) is 10.6 Å². The monoisotopic (exact) mass is 478 g/mol. The van der Waals surface area contributed by atoms with Crippen molar-refractivity contribution in [2.75, 3.05) is 0 Å². The van der Waals surface area contributed by atoms with Crippen molar-refractivity contribution in [1.29, 1.82) is 0 Å². The summed E-state index contributed by atoms with van der Waals surface area (Å²) in [6.45, 7) is 0. The number of carbonyl (C=O) groups excluding carboxylic acids is 1. The van der Waals surface area contributed by atoms with E-state index in [4.69, 9.17) is 58.0 Å². The van der Waals surface area contributed by atoms with Crippen molar-refractivity contribution >= 4 is 86.4 Å². The number of rotatable bonds is 2. The van der Waals surface area contributed by atoms with Crippen LogP contribution in [0.5, 0.6) is 0 Å². The molecule has 0 fully saturated rings. The molecule has 0 saturated heterocycles. The molecule has 0 radical (unpaired) electrons. The Morgan fingerprint density at radius 3 is 2.20 bits per heavy atom. The van der Waals surface area contributed by atoms with E-state index in [0.717, 1.165) is 3.57 Å². The molecule has 0 amide bonds. The molecule has 2 aromatic rings. The molecule has 20 heavy (non-hydrogen) atoms. The van der Waals surface area contributed by atoms with Gasteiger partial charge in [-0.1, -0.05) is 58.0 Å². The third-order valence-corrected chi connectivity index (χ3v) is 5.25. The zero-order valence-electron chi connectivity index (χ0n) is 9.49. The Labute approximate surface area is 154 Å². The summed E-state index contributed by atoms with van der Waals surface area (Å²) in [6.07, 6.45) is 0. The third kappa shape index (κ3) is 3.21. The summed E-state index contributed by atoms with van der Waals surface area (Å²) >= 11 is 31.9. The molecule has 0 aromatic heterocycles. The lowest BCUT2D eigenvalue weighted by Gasteiger charge is -2.10. The summed E-state index contributed by atoms with van der Waals surface area (Å²) in [5.74, 6) is -0.356. The second kappa shape index (κ2) is 6.59. The second-order valence-electron chi connectivity index (χ2n) is 3.80. The molecule has 7 heteroatoms. The maximum atomic E-state index is 12.6. The van der Waals surface area contributed by atoms with Crippen LogP contribution in [0.4, 0.5) is 0 Å². The van der Waals surface area contributed by atoms with E-state index < -0.39 is 0 Å². The lowest BCUT2D eigenvalue weighted by molar-refractivity contribution is 0.103. The van der Waals surface area contributed by atoms with E-state index in [1.54, 1.807) is 18.2 Å². The molecule has 2 aromatic carbocycles. The van der Waals surface area contributed by atoms with Gasteiger partial charge in [0, 0.05) is 14.2 Å². The lowest BCUT2D eigenvalue weighted by atomic mass is 10.0. The van der Waals surface area contributed by atoms with Crippen molar-refractivity contribution < 1.29 is 4.79 Å².